The number of carbonyl (C=O) groups excluding carboxylic acids is 2. The predicted molar refractivity (Wildman–Crippen MR) is 293 cm³/mol. The fourth-order valence-electron chi connectivity index (χ4n) is 10.0. The van der Waals surface area contributed by atoms with E-state index >= 15 is 0 Å². The summed E-state index contributed by atoms with van der Waals surface area (Å²) in [5.41, 5.74) is -4.71. The monoisotopic (exact) mass is 1150 g/mol. The topological polar surface area (TPSA) is 144 Å². The number of urea groups is 2. The number of carbonyl (C=O) groups is 2. The molecule has 6 N–H and O–H groups in total. The number of alkyl halides is 5. The van der Waals surface area contributed by atoms with Gasteiger partial charge in [-0.2, -0.15) is 13.2 Å². The lowest BCUT2D eigenvalue weighted by atomic mass is 9.77. The number of nitrogens with one attached hydrogen (secondary N) is 4. The molecule has 3 aliphatic rings. The molecule has 1 heterocycles. The van der Waals surface area contributed by atoms with Gasteiger partial charge in [0.1, 0.15) is 18.2 Å². The molecule has 0 aromatic heterocycles. The molecule has 82 heavy (non-hydrogen) atoms. The first-order valence-corrected chi connectivity index (χ1v) is 27.1. The molecule has 440 valence electrons. The smallest absolute Gasteiger partial charge is 0.416 e. The first-order valence-electron chi connectivity index (χ1n) is 27.1. The Kier molecular flexibility index (Phi) is 19.7. The van der Waals surface area contributed by atoms with Crippen LogP contribution < -0.4 is 26.0 Å². The maximum atomic E-state index is 14.9. The minimum absolute atomic E-state index is 0.0230. The predicted octanol–water partition coefficient (Wildman–Crippen LogP) is 14.2. The zero-order valence-electron chi connectivity index (χ0n) is 46.3. The molecule has 19 heteroatoms. The quantitative estimate of drug-likeness (QED) is 0.0421. The van der Waals surface area contributed by atoms with Gasteiger partial charge < -0.3 is 41.0 Å². The standard InChI is InChI=1S/C31H33F5N2O3.C28H28F4N2O2.C4H8O/c1-29(2,40)19-41-27-17-21(12-13-26(27)33)30(18-20-8-4-3-5-9-20,38-28(39)37-25-10-6-7-11-25)22-14-23(31(34,35)36)16-24(32)15-22;1-27(31,32)20-13-21(15-22(29)14-20)28(17-18-7-3-2-4-8-18,19-11-12-24(30)25(35)16-19)34-26(36)33-23-9-5-6-10-23;1-4(2)3-5-4/h3-5,8-9,12-17,25,40H,6-7,10-11,18-19H2,1-2H3,(H2,37,38,39);2-4,7-8,11-16,23,35H,5-6,9-10,17H2,1H3,(H2,33,34,36);3H2,1-2H3/t30-;28-;/m11./s1. The van der Waals surface area contributed by atoms with E-state index in [9.17, 15) is 59.3 Å². The van der Waals surface area contributed by atoms with Crippen LogP contribution in [0.15, 0.2) is 133 Å². The van der Waals surface area contributed by atoms with Gasteiger partial charge in [0.15, 0.2) is 23.1 Å². The molecule has 9 rings (SSSR count). The number of halogens is 9. The molecule has 3 fully saturated rings. The van der Waals surface area contributed by atoms with Crippen LogP contribution >= 0.6 is 0 Å². The minimum Gasteiger partial charge on any atom is -0.505 e. The Morgan fingerprint density at radius 1 is 0.573 bits per heavy atom. The Labute approximate surface area is 471 Å². The van der Waals surface area contributed by atoms with Crippen LogP contribution in [0, 0.1) is 23.3 Å². The average Bonchev–Trinajstić information content (AvgIpc) is 3.66. The van der Waals surface area contributed by atoms with Crippen molar-refractivity contribution in [3.05, 3.63) is 201 Å². The minimum atomic E-state index is -4.87. The number of amides is 4. The number of hydrogen-bond donors (Lipinski definition) is 6. The highest BCUT2D eigenvalue weighted by Crippen LogP contribution is 2.42. The fraction of sp³-hybridized carbons (Fsp3) is 0.397. The number of ether oxygens (including phenoxy) is 2. The molecule has 1 saturated heterocycles. The van der Waals surface area contributed by atoms with E-state index in [2.05, 4.69) is 35.1 Å². The summed E-state index contributed by atoms with van der Waals surface area (Å²) in [6, 6.07) is 28.4. The van der Waals surface area contributed by atoms with Crippen LogP contribution in [0.5, 0.6) is 11.5 Å². The van der Waals surface area contributed by atoms with Gasteiger partial charge in [0.05, 0.1) is 34.5 Å². The lowest BCUT2D eigenvalue weighted by Gasteiger charge is -2.37. The summed E-state index contributed by atoms with van der Waals surface area (Å²) in [7, 11) is 0. The van der Waals surface area contributed by atoms with E-state index in [0.717, 1.165) is 107 Å². The van der Waals surface area contributed by atoms with Gasteiger partial charge in [-0.1, -0.05) is 98.5 Å². The molecular weight excluding hydrogens is 1080 g/mol. The number of epoxide rings is 1. The molecule has 1 aliphatic heterocycles. The van der Waals surface area contributed by atoms with Crippen molar-refractivity contribution in [1.82, 2.24) is 21.3 Å². The van der Waals surface area contributed by atoms with Gasteiger partial charge in [0.2, 0.25) is 0 Å². The number of aromatic hydroxyl groups is 1. The van der Waals surface area contributed by atoms with E-state index in [1.54, 1.807) is 60.7 Å². The lowest BCUT2D eigenvalue weighted by Crippen LogP contribution is -2.53. The van der Waals surface area contributed by atoms with Crippen LogP contribution in [0.1, 0.15) is 130 Å². The van der Waals surface area contributed by atoms with E-state index in [-0.39, 0.29) is 65.1 Å². The normalized spacial score (nSPS) is 16.7. The Bertz CT molecular complexity index is 3120. The second-order valence-electron chi connectivity index (χ2n) is 22.6. The number of phenolic OH excluding ortho intramolecular Hbond substituents is 1. The van der Waals surface area contributed by atoms with Crippen LogP contribution in [0.3, 0.4) is 0 Å². The molecule has 2 atom stereocenters. The van der Waals surface area contributed by atoms with Crippen LogP contribution in [-0.4, -0.2) is 58.8 Å². The highest BCUT2D eigenvalue weighted by atomic mass is 19.4. The van der Waals surface area contributed by atoms with Gasteiger partial charge in [-0.15, -0.1) is 0 Å². The van der Waals surface area contributed by atoms with Crippen LogP contribution in [0.2, 0.25) is 0 Å². The SMILES string of the molecule is CC(C)(O)COc1cc([C@@](Cc2ccccc2)(NC(=O)NC2CCCC2)c2cc(F)cc(C(F)(F)F)c2)ccc1F.CC(F)(F)c1cc(F)cc([C@](Cc2ccccc2)(NC(=O)NC2CCCC2)c2ccc(F)c(O)c2)c1.CC1(C)CO1. The van der Waals surface area contributed by atoms with E-state index in [1.165, 1.54) is 32.0 Å². The summed E-state index contributed by atoms with van der Waals surface area (Å²) in [5, 5.41) is 31.8. The van der Waals surface area contributed by atoms with E-state index in [0.29, 0.717) is 24.1 Å². The second-order valence-corrected chi connectivity index (χ2v) is 22.6. The van der Waals surface area contributed by atoms with E-state index < -0.39 is 81.0 Å². The molecule has 6 aromatic carbocycles. The largest absolute Gasteiger partial charge is 0.505 e. The summed E-state index contributed by atoms with van der Waals surface area (Å²) in [6.07, 6.45) is 1.99. The third kappa shape index (κ3) is 17.2. The number of phenols is 1. The van der Waals surface area contributed by atoms with Gasteiger partial charge >= 0.3 is 18.2 Å². The molecule has 6 aromatic rings. The average molecular weight is 1150 g/mol. The number of benzene rings is 6. The summed E-state index contributed by atoms with van der Waals surface area (Å²) in [6.45, 7) is 8.41. The number of aliphatic hydroxyl groups is 1. The molecule has 0 unspecified atom stereocenters. The molecule has 2 aliphatic carbocycles. The van der Waals surface area contributed by atoms with Crippen molar-refractivity contribution in [2.24, 2.45) is 0 Å². The van der Waals surface area contributed by atoms with E-state index in [4.69, 9.17) is 9.47 Å². The maximum absolute atomic E-state index is 14.9. The van der Waals surface area contributed by atoms with Crippen molar-refractivity contribution in [2.75, 3.05) is 13.2 Å². The third-order valence-corrected chi connectivity index (χ3v) is 14.4. The highest BCUT2D eigenvalue weighted by molar-refractivity contribution is 5.77. The third-order valence-electron chi connectivity index (χ3n) is 14.4. The summed E-state index contributed by atoms with van der Waals surface area (Å²) >= 11 is 0. The first kappa shape index (κ1) is 62.4. The molecular formula is C63H69F9N4O6. The van der Waals surface area contributed by atoms with Crippen molar-refractivity contribution in [3.63, 3.8) is 0 Å². The van der Waals surface area contributed by atoms with Crippen LogP contribution in [0.4, 0.5) is 49.1 Å². The Morgan fingerprint density at radius 3 is 1.38 bits per heavy atom. The Balaban J connectivity index is 0.000000218. The second kappa shape index (κ2) is 25.9. The zero-order valence-corrected chi connectivity index (χ0v) is 46.3. The van der Waals surface area contributed by atoms with Crippen LogP contribution in [-0.2, 0) is 40.8 Å². The molecule has 4 amide bonds. The zero-order chi connectivity index (χ0) is 59.7. The van der Waals surface area contributed by atoms with Crippen molar-refractivity contribution in [2.45, 2.75) is 145 Å². The maximum Gasteiger partial charge on any atom is 0.416 e. The molecule has 0 bridgehead atoms. The Hall–Kier alpha value is -7.25. The summed E-state index contributed by atoms with van der Waals surface area (Å²) in [4.78, 5) is 26.7. The number of rotatable bonds is 16. The summed E-state index contributed by atoms with van der Waals surface area (Å²) < 4.78 is 139. The Morgan fingerprint density at radius 2 is 0.976 bits per heavy atom. The first-order chi connectivity index (χ1) is 38.5. The molecule has 2 saturated carbocycles. The van der Waals surface area contributed by atoms with Crippen molar-refractivity contribution in [1.29, 1.82) is 0 Å². The van der Waals surface area contributed by atoms with Crippen molar-refractivity contribution in [3.8, 4) is 11.5 Å². The van der Waals surface area contributed by atoms with Crippen molar-refractivity contribution >= 4 is 12.1 Å². The van der Waals surface area contributed by atoms with Gasteiger partial charge in [-0.25, -0.2) is 35.9 Å². The van der Waals surface area contributed by atoms with Gasteiger partial charge in [-0.3, -0.25) is 0 Å². The fourth-order valence-corrected chi connectivity index (χ4v) is 10.0. The van der Waals surface area contributed by atoms with Crippen molar-refractivity contribution < 1.29 is 68.8 Å². The van der Waals surface area contributed by atoms with Gasteiger partial charge in [0.25, 0.3) is 5.92 Å². The lowest BCUT2D eigenvalue weighted by molar-refractivity contribution is -0.137. The highest BCUT2D eigenvalue weighted by Gasteiger charge is 2.43. The van der Waals surface area contributed by atoms with E-state index in [1.807, 2.05) is 0 Å². The molecule has 0 radical (unpaired) electrons. The van der Waals surface area contributed by atoms with Gasteiger partial charge in [0, 0.05) is 37.4 Å². The molecule has 0 spiro atoms. The molecule has 10 nitrogen and oxygen atoms in total. The summed E-state index contributed by atoms with van der Waals surface area (Å²) in [5.74, 6) is -8.04. The van der Waals surface area contributed by atoms with Gasteiger partial charge in [-0.05, 0) is 147 Å². The van der Waals surface area contributed by atoms with Crippen LogP contribution in [0.25, 0.3) is 0 Å². The number of hydrogen-bond acceptors (Lipinski definition) is 6.